The Morgan fingerprint density at radius 2 is 1.96 bits per heavy atom. The van der Waals surface area contributed by atoms with Crippen LogP contribution < -0.4 is 10.1 Å². The summed E-state index contributed by atoms with van der Waals surface area (Å²) in [5.74, 6) is -0.502. The minimum atomic E-state index is -0.498. The maximum atomic E-state index is 12.3. The quantitative estimate of drug-likeness (QED) is 0.600. The van der Waals surface area contributed by atoms with E-state index < -0.39 is 5.97 Å². The second-order valence-electron chi connectivity index (χ2n) is 6.51. The molecule has 2 aromatic rings. The monoisotopic (exact) mass is 367 g/mol. The molecule has 1 atom stereocenters. The molecule has 6 nitrogen and oxygen atoms in total. The van der Waals surface area contributed by atoms with Crippen LogP contribution in [0.5, 0.6) is 5.75 Å². The number of nitrogens with one attached hydrogen (secondary N) is 1. The fourth-order valence-corrected chi connectivity index (χ4v) is 2.85. The Morgan fingerprint density at radius 1 is 1.15 bits per heavy atom. The van der Waals surface area contributed by atoms with Crippen LogP contribution in [0.1, 0.15) is 40.7 Å². The third kappa shape index (κ3) is 4.53. The van der Waals surface area contributed by atoms with Crippen molar-refractivity contribution in [2.75, 3.05) is 18.5 Å². The Morgan fingerprint density at radius 3 is 2.74 bits per heavy atom. The van der Waals surface area contributed by atoms with Gasteiger partial charge in [-0.25, -0.2) is 0 Å². The molecule has 1 aliphatic rings. The number of benzene rings is 2. The fraction of sp³-hybridized carbons (Fsp3) is 0.286. The molecule has 0 fully saturated rings. The summed E-state index contributed by atoms with van der Waals surface area (Å²) < 4.78 is 10.5. The predicted molar refractivity (Wildman–Crippen MR) is 100 cm³/mol. The molecule has 27 heavy (non-hydrogen) atoms. The molecule has 0 aromatic heterocycles. The number of rotatable bonds is 7. The minimum absolute atomic E-state index is 0.0564. The molecule has 140 valence electrons. The van der Waals surface area contributed by atoms with E-state index in [0.29, 0.717) is 17.0 Å². The first-order chi connectivity index (χ1) is 12.9. The Balaban J connectivity index is 1.46. The fourth-order valence-electron chi connectivity index (χ4n) is 2.85. The highest BCUT2D eigenvalue weighted by Crippen LogP contribution is 2.32. The SMILES string of the molecule is Cc1cccc(OCCC(=O)OCC(=O)c2ccc3c(c2)[C@@H](C)C(=O)N3)c1. The zero-order valence-corrected chi connectivity index (χ0v) is 15.3. The lowest BCUT2D eigenvalue weighted by Crippen LogP contribution is -2.16. The van der Waals surface area contributed by atoms with E-state index in [1.54, 1.807) is 25.1 Å². The largest absolute Gasteiger partial charge is 0.493 e. The molecule has 1 N–H and O–H groups in total. The first-order valence-corrected chi connectivity index (χ1v) is 8.77. The van der Waals surface area contributed by atoms with E-state index in [-0.39, 0.29) is 37.2 Å². The molecule has 0 bridgehead atoms. The molecule has 0 unspecified atom stereocenters. The second-order valence-corrected chi connectivity index (χ2v) is 6.51. The summed E-state index contributed by atoms with van der Waals surface area (Å²) >= 11 is 0. The van der Waals surface area contributed by atoms with E-state index >= 15 is 0 Å². The van der Waals surface area contributed by atoms with Gasteiger partial charge in [0.25, 0.3) is 0 Å². The number of esters is 1. The van der Waals surface area contributed by atoms with Gasteiger partial charge in [-0.1, -0.05) is 12.1 Å². The first-order valence-electron chi connectivity index (χ1n) is 8.77. The van der Waals surface area contributed by atoms with Gasteiger partial charge in [0.1, 0.15) is 5.75 Å². The Labute approximate surface area is 157 Å². The average Bonchev–Trinajstić information content (AvgIpc) is 2.93. The second kappa shape index (κ2) is 8.03. The van der Waals surface area contributed by atoms with Crippen molar-refractivity contribution >= 4 is 23.3 Å². The average molecular weight is 367 g/mol. The van der Waals surface area contributed by atoms with Crippen LogP contribution in [0, 0.1) is 6.92 Å². The number of aryl methyl sites for hydroxylation is 1. The number of hydrogen-bond acceptors (Lipinski definition) is 5. The first kappa shape index (κ1) is 18.6. The predicted octanol–water partition coefficient (Wildman–Crippen LogP) is 3.25. The minimum Gasteiger partial charge on any atom is -0.493 e. The number of carbonyl (C=O) groups is 3. The van der Waals surface area contributed by atoms with Gasteiger partial charge in [-0.05, 0) is 55.3 Å². The van der Waals surface area contributed by atoms with E-state index in [2.05, 4.69) is 5.32 Å². The molecule has 6 heteroatoms. The highest BCUT2D eigenvalue weighted by Gasteiger charge is 2.27. The number of amides is 1. The number of Topliss-reactive ketones (excluding diaryl/α,β-unsaturated/α-hetero) is 1. The van der Waals surface area contributed by atoms with Crippen molar-refractivity contribution in [3.8, 4) is 5.75 Å². The van der Waals surface area contributed by atoms with Crippen molar-refractivity contribution in [3.63, 3.8) is 0 Å². The van der Waals surface area contributed by atoms with Gasteiger partial charge >= 0.3 is 5.97 Å². The Kier molecular flexibility index (Phi) is 5.54. The van der Waals surface area contributed by atoms with Crippen LogP contribution in [0.4, 0.5) is 5.69 Å². The number of fused-ring (bicyclic) bond motifs is 1. The summed E-state index contributed by atoms with van der Waals surface area (Å²) in [5, 5.41) is 2.75. The van der Waals surface area contributed by atoms with Crippen LogP contribution in [0.3, 0.4) is 0 Å². The number of ether oxygens (including phenoxy) is 2. The summed E-state index contributed by atoms with van der Waals surface area (Å²) in [5.41, 5.74) is 2.99. The van der Waals surface area contributed by atoms with Crippen LogP contribution in [-0.4, -0.2) is 30.9 Å². The number of anilines is 1. The third-order valence-corrected chi connectivity index (χ3v) is 4.42. The van der Waals surface area contributed by atoms with Crippen LogP contribution in [0.15, 0.2) is 42.5 Å². The van der Waals surface area contributed by atoms with E-state index in [9.17, 15) is 14.4 Å². The molecular weight excluding hydrogens is 346 g/mol. The van der Waals surface area contributed by atoms with Gasteiger partial charge in [0.2, 0.25) is 5.91 Å². The summed E-state index contributed by atoms with van der Waals surface area (Å²) in [7, 11) is 0. The number of ketones is 1. The molecular formula is C21H21NO5. The Bertz CT molecular complexity index is 890. The lowest BCUT2D eigenvalue weighted by atomic mass is 9.99. The van der Waals surface area contributed by atoms with Gasteiger partial charge in [0, 0.05) is 11.3 Å². The summed E-state index contributed by atoms with van der Waals surface area (Å²) in [4.78, 5) is 35.7. The van der Waals surface area contributed by atoms with E-state index in [0.717, 1.165) is 11.1 Å². The molecule has 0 spiro atoms. The van der Waals surface area contributed by atoms with Gasteiger partial charge in [-0.15, -0.1) is 0 Å². The molecule has 1 heterocycles. The zero-order chi connectivity index (χ0) is 19.4. The molecule has 0 saturated carbocycles. The van der Waals surface area contributed by atoms with Gasteiger partial charge < -0.3 is 14.8 Å². The van der Waals surface area contributed by atoms with Crippen LogP contribution in [0.25, 0.3) is 0 Å². The van der Waals surface area contributed by atoms with Crippen molar-refractivity contribution in [3.05, 3.63) is 59.2 Å². The molecule has 0 radical (unpaired) electrons. The molecule has 2 aromatic carbocycles. The number of hydrogen-bond donors (Lipinski definition) is 1. The van der Waals surface area contributed by atoms with Crippen LogP contribution in [-0.2, 0) is 14.3 Å². The van der Waals surface area contributed by atoms with Crippen molar-refractivity contribution in [1.82, 2.24) is 0 Å². The van der Waals surface area contributed by atoms with Gasteiger partial charge in [-0.3, -0.25) is 14.4 Å². The van der Waals surface area contributed by atoms with Gasteiger partial charge in [0.05, 0.1) is 18.9 Å². The smallest absolute Gasteiger partial charge is 0.309 e. The van der Waals surface area contributed by atoms with Crippen molar-refractivity contribution < 1.29 is 23.9 Å². The lowest BCUT2D eigenvalue weighted by molar-refractivity contribution is -0.143. The van der Waals surface area contributed by atoms with Crippen LogP contribution >= 0.6 is 0 Å². The van der Waals surface area contributed by atoms with E-state index in [1.165, 1.54) is 0 Å². The molecule has 0 saturated heterocycles. The molecule has 3 rings (SSSR count). The van der Waals surface area contributed by atoms with Crippen LogP contribution in [0.2, 0.25) is 0 Å². The molecule has 1 amide bonds. The van der Waals surface area contributed by atoms with Crippen molar-refractivity contribution in [2.45, 2.75) is 26.2 Å². The summed E-state index contributed by atoms with van der Waals surface area (Å²) in [6.07, 6.45) is 0.0564. The van der Waals surface area contributed by atoms with Crippen molar-refractivity contribution in [2.24, 2.45) is 0 Å². The maximum Gasteiger partial charge on any atom is 0.309 e. The third-order valence-electron chi connectivity index (χ3n) is 4.42. The topological polar surface area (TPSA) is 81.7 Å². The maximum absolute atomic E-state index is 12.3. The van der Waals surface area contributed by atoms with Gasteiger partial charge in [0.15, 0.2) is 12.4 Å². The molecule has 0 aliphatic carbocycles. The van der Waals surface area contributed by atoms with Crippen molar-refractivity contribution in [1.29, 1.82) is 0 Å². The zero-order valence-electron chi connectivity index (χ0n) is 15.3. The summed E-state index contributed by atoms with van der Waals surface area (Å²) in [6, 6.07) is 12.5. The van der Waals surface area contributed by atoms with E-state index in [1.807, 2.05) is 31.2 Å². The van der Waals surface area contributed by atoms with Gasteiger partial charge in [-0.2, -0.15) is 0 Å². The standard InChI is InChI=1S/C21H21NO5/c1-13-4-3-5-16(10-13)26-9-8-20(24)27-12-19(23)15-6-7-18-17(11-15)14(2)21(25)22-18/h3-7,10-11,14H,8-9,12H2,1-2H3,(H,22,25)/t14-/m1/s1. The van der Waals surface area contributed by atoms with E-state index in [4.69, 9.17) is 9.47 Å². The number of carbonyl (C=O) groups excluding carboxylic acids is 3. The normalized spacial score (nSPS) is 15.0. The molecule has 1 aliphatic heterocycles. The summed E-state index contributed by atoms with van der Waals surface area (Å²) in [6.45, 7) is 3.58. The highest BCUT2D eigenvalue weighted by molar-refractivity contribution is 6.05. The Hall–Kier alpha value is -3.15. The lowest BCUT2D eigenvalue weighted by Gasteiger charge is -2.08. The highest BCUT2D eigenvalue weighted by atomic mass is 16.5.